The number of thiophene rings is 1. The molecular weight excluding hydrogens is 250 g/mol. The number of hydrogen-bond acceptors (Lipinski definition) is 2. The van der Waals surface area contributed by atoms with E-state index in [4.69, 9.17) is 0 Å². The number of piperidine rings is 1. The van der Waals surface area contributed by atoms with Gasteiger partial charge in [-0.3, -0.25) is 0 Å². The first-order valence-corrected chi connectivity index (χ1v) is 7.63. The van der Waals surface area contributed by atoms with Crippen LogP contribution >= 0.6 is 11.3 Å². The van der Waals surface area contributed by atoms with Crippen LogP contribution in [0.15, 0.2) is 60.1 Å². The van der Waals surface area contributed by atoms with Gasteiger partial charge in [0.25, 0.3) is 0 Å². The molecule has 1 aromatic heterocycles. The molecule has 0 N–H and O–H groups in total. The van der Waals surface area contributed by atoms with E-state index in [1.807, 2.05) is 11.3 Å². The summed E-state index contributed by atoms with van der Waals surface area (Å²) in [6, 6.07) is 15.2. The van der Waals surface area contributed by atoms with Gasteiger partial charge in [-0.25, -0.2) is 0 Å². The van der Waals surface area contributed by atoms with Crippen LogP contribution in [0.5, 0.6) is 0 Å². The van der Waals surface area contributed by atoms with E-state index >= 15 is 0 Å². The lowest BCUT2D eigenvalue weighted by molar-refractivity contribution is 0.296. The molecule has 0 aliphatic carbocycles. The monoisotopic (exact) mass is 269 g/mol. The number of benzene rings is 1. The van der Waals surface area contributed by atoms with E-state index in [0.717, 1.165) is 6.54 Å². The number of hydrogen-bond donors (Lipinski definition) is 0. The zero-order valence-electron chi connectivity index (χ0n) is 11.3. The fourth-order valence-corrected chi connectivity index (χ4v) is 3.91. The molecule has 1 nitrogen and oxygen atoms in total. The van der Waals surface area contributed by atoms with Crippen molar-refractivity contribution >= 4 is 11.3 Å². The molecule has 1 aromatic carbocycles. The standard InChI is InChI=1S/C17H19NS/c1-13-17(14-7-4-3-5-8-14)15(10-11-18(13)2)16-9-6-12-19-16/h3-9,12,15,17H,1,10-11H2,2H3. The fraction of sp³-hybridized carbons (Fsp3) is 0.294. The molecule has 2 unspecified atom stereocenters. The molecule has 2 aromatic rings. The zero-order chi connectivity index (χ0) is 13.2. The molecule has 1 saturated heterocycles. The molecule has 1 fully saturated rings. The lowest BCUT2D eigenvalue weighted by Gasteiger charge is -2.39. The van der Waals surface area contributed by atoms with E-state index in [9.17, 15) is 0 Å². The van der Waals surface area contributed by atoms with E-state index in [1.54, 1.807) is 0 Å². The summed E-state index contributed by atoms with van der Waals surface area (Å²) >= 11 is 1.87. The Morgan fingerprint density at radius 3 is 2.63 bits per heavy atom. The maximum absolute atomic E-state index is 4.34. The fourth-order valence-electron chi connectivity index (χ4n) is 3.01. The number of likely N-dealkylation sites (N-methyl/N-ethyl adjacent to an activating group) is 1. The highest BCUT2D eigenvalue weighted by Crippen LogP contribution is 2.45. The van der Waals surface area contributed by atoms with Crippen molar-refractivity contribution in [1.82, 2.24) is 4.90 Å². The van der Waals surface area contributed by atoms with Gasteiger partial charge in [-0.1, -0.05) is 43.0 Å². The molecule has 0 spiro atoms. The average Bonchev–Trinajstić information content (AvgIpc) is 2.96. The summed E-state index contributed by atoms with van der Waals surface area (Å²) in [5, 5.41) is 2.18. The van der Waals surface area contributed by atoms with E-state index in [-0.39, 0.29) is 0 Å². The first kappa shape index (κ1) is 12.5. The number of rotatable bonds is 2. The SMILES string of the molecule is C=C1C(c2ccccc2)C(c2cccs2)CCN1C. The summed E-state index contributed by atoms with van der Waals surface area (Å²) in [5.41, 5.74) is 2.63. The second-order valence-corrected chi connectivity index (χ2v) is 6.19. The third-order valence-corrected chi connectivity index (χ3v) is 5.10. The van der Waals surface area contributed by atoms with Crippen molar-refractivity contribution in [3.8, 4) is 0 Å². The van der Waals surface area contributed by atoms with Crippen molar-refractivity contribution in [3.05, 3.63) is 70.6 Å². The number of nitrogens with zero attached hydrogens (tertiary/aromatic N) is 1. The summed E-state index contributed by atoms with van der Waals surface area (Å²) in [4.78, 5) is 3.80. The molecule has 0 saturated carbocycles. The van der Waals surface area contributed by atoms with Gasteiger partial charge in [0, 0.05) is 36.0 Å². The average molecular weight is 269 g/mol. The van der Waals surface area contributed by atoms with Crippen LogP contribution in [0.25, 0.3) is 0 Å². The molecule has 0 bridgehead atoms. The Bertz CT molecular complexity index is 544. The van der Waals surface area contributed by atoms with Crippen molar-refractivity contribution in [2.24, 2.45) is 0 Å². The minimum atomic E-state index is 0.415. The Balaban J connectivity index is 2.01. The van der Waals surface area contributed by atoms with Crippen molar-refractivity contribution < 1.29 is 0 Å². The van der Waals surface area contributed by atoms with Crippen LogP contribution in [0, 0.1) is 0 Å². The second-order valence-electron chi connectivity index (χ2n) is 5.21. The maximum Gasteiger partial charge on any atom is 0.0310 e. The molecule has 2 atom stereocenters. The van der Waals surface area contributed by atoms with Crippen LogP contribution in [0.2, 0.25) is 0 Å². The molecule has 19 heavy (non-hydrogen) atoms. The highest BCUT2D eigenvalue weighted by molar-refractivity contribution is 7.10. The van der Waals surface area contributed by atoms with Crippen molar-refractivity contribution in [3.63, 3.8) is 0 Å². The molecule has 1 aliphatic rings. The molecule has 3 rings (SSSR count). The van der Waals surface area contributed by atoms with Gasteiger partial charge in [0.15, 0.2) is 0 Å². The smallest absolute Gasteiger partial charge is 0.0310 e. The molecule has 2 heteroatoms. The Labute approximate surface area is 119 Å². The lowest BCUT2D eigenvalue weighted by atomic mass is 9.78. The van der Waals surface area contributed by atoms with Crippen LogP contribution in [-0.4, -0.2) is 18.5 Å². The molecule has 0 amide bonds. The van der Waals surface area contributed by atoms with Gasteiger partial charge in [-0.05, 0) is 23.4 Å². The normalized spacial score (nSPS) is 23.6. The van der Waals surface area contributed by atoms with Crippen molar-refractivity contribution in [1.29, 1.82) is 0 Å². The Morgan fingerprint density at radius 1 is 1.16 bits per heavy atom. The maximum atomic E-state index is 4.34. The van der Waals surface area contributed by atoms with Gasteiger partial charge < -0.3 is 4.90 Å². The summed E-state index contributed by atoms with van der Waals surface area (Å²) in [6.07, 6.45) is 1.20. The second kappa shape index (κ2) is 5.22. The topological polar surface area (TPSA) is 3.24 Å². The van der Waals surface area contributed by atoms with Crippen LogP contribution in [0.4, 0.5) is 0 Å². The number of allylic oxidation sites excluding steroid dienone is 1. The van der Waals surface area contributed by atoms with Gasteiger partial charge in [0.2, 0.25) is 0 Å². The molecule has 2 heterocycles. The first-order chi connectivity index (χ1) is 9.27. The van der Waals surface area contributed by atoms with Gasteiger partial charge >= 0.3 is 0 Å². The van der Waals surface area contributed by atoms with Crippen molar-refractivity contribution in [2.75, 3.05) is 13.6 Å². The Morgan fingerprint density at radius 2 is 1.95 bits per heavy atom. The van der Waals surface area contributed by atoms with E-state index < -0.39 is 0 Å². The van der Waals surface area contributed by atoms with Gasteiger partial charge in [0.1, 0.15) is 0 Å². The predicted octanol–water partition coefficient (Wildman–Crippen LogP) is 4.46. The molecule has 98 valence electrons. The zero-order valence-corrected chi connectivity index (χ0v) is 12.1. The summed E-state index contributed by atoms with van der Waals surface area (Å²) in [6.45, 7) is 5.45. The highest BCUT2D eigenvalue weighted by Gasteiger charge is 2.33. The van der Waals surface area contributed by atoms with E-state index in [1.165, 1.54) is 22.6 Å². The Hall–Kier alpha value is -1.54. The van der Waals surface area contributed by atoms with Gasteiger partial charge in [0.05, 0.1) is 0 Å². The van der Waals surface area contributed by atoms with E-state index in [2.05, 4.69) is 66.4 Å². The summed E-state index contributed by atoms with van der Waals surface area (Å²) < 4.78 is 0. The minimum Gasteiger partial charge on any atom is -0.378 e. The molecule has 1 aliphatic heterocycles. The quantitative estimate of drug-likeness (QED) is 0.777. The summed E-state index contributed by atoms with van der Waals surface area (Å²) in [5.74, 6) is 0.990. The van der Waals surface area contributed by atoms with E-state index in [0.29, 0.717) is 11.8 Å². The first-order valence-electron chi connectivity index (χ1n) is 6.75. The highest BCUT2D eigenvalue weighted by atomic mass is 32.1. The van der Waals surface area contributed by atoms with Gasteiger partial charge in [-0.2, -0.15) is 0 Å². The summed E-state index contributed by atoms with van der Waals surface area (Å²) in [7, 11) is 2.16. The lowest BCUT2D eigenvalue weighted by Crippen LogP contribution is -2.33. The van der Waals surface area contributed by atoms with Crippen LogP contribution in [-0.2, 0) is 0 Å². The Kier molecular flexibility index (Phi) is 3.43. The number of likely N-dealkylation sites (tertiary alicyclic amines) is 1. The van der Waals surface area contributed by atoms with Crippen LogP contribution < -0.4 is 0 Å². The molecular formula is C17H19NS. The van der Waals surface area contributed by atoms with Crippen molar-refractivity contribution in [2.45, 2.75) is 18.3 Å². The largest absolute Gasteiger partial charge is 0.378 e. The minimum absolute atomic E-state index is 0.415. The third-order valence-electron chi connectivity index (χ3n) is 4.09. The molecule has 0 radical (unpaired) electrons. The third kappa shape index (κ3) is 2.33. The predicted molar refractivity (Wildman–Crippen MR) is 82.6 cm³/mol. The van der Waals surface area contributed by atoms with Crippen LogP contribution in [0.1, 0.15) is 28.7 Å². The van der Waals surface area contributed by atoms with Gasteiger partial charge in [-0.15, -0.1) is 11.3 Å². The van der Waals surface area contributed by atoms with Crippen LogP contribution in [0.3, 0.4) is 0 Å².